The summed E-state index contributed by atoms with van der Waals surface area (Å²) in [6.07, 6.45) is 4.24. The fourth-order valence-electron chi connectivity index (χ4n) is 3.02. The minimum Gasteiger partial charge on any atom is -0.316 e. The van der Waals surface area contributed by atoms with Crippen LogP contribution < -0.4 is 5.32 Å². The standard InChI is InChI=1S/C12H25N/c1-9(2)11(13-5)10-7-6-8-12(10,3)4/h9-11,13H,6-8H2,1-5H3. The second-order valence-corrected chi connectivity index (χ2v) is 5.55. The van der Waals surface area contributed by atoms with Gasteiger partial charge in [0.05, 0.1) is 0 Å². The van der Waals surface area contributed by atoms with Crippen LogP contribution in [-0.2, 0) is 0 Å². The number of hydrogen-bond acceptors (Lipinski definition) is 1. The van der Waals surface area contributed by atoms with Crippen LogP contribution in [0.3, 0.4) is 0 Å². The average Bonchev–Trinajstić information content (AvgIpc) is 2.32. The predicted molar refractivity (Wildman–Crippen MR) is 58.8 cm³/mol. The van der Waals surface area contributed by atoms with Gasteiger partial charge in [-0.15, -0.1) is 0 Å². The molecule has 1 aliphatic carbocycles. The molecular formula is C12H25N. The molecule has 78 valence electrons. The molecule has 0 bridgehead atoms. The van der Waals surface area contributed by atoms with E-state index in [1.807, 2.05) is 0 Å². The fourth-order valence-corrected chi connectivity index (χ4v) is 3.02. The van der Waals surface area contributed by atoms with Crippen molar-refractivity contribution in [1.29, 1.82) is 0 Å². The van der Waals surface area contributed by atoms with Crippen molar-refractivity contribution in [3.8, 4) is 0 Å². The summed E-state index contributed by atoms with van der Waals surface area (Å²) in [6.45, 7) is 9.51. The Hall–Kier alpha value is -0.0400. The van der Waals surface area contributed by atoms with Crippen molar-refractivity contribution >= 4 is 0 Å². The fraction of sp³-hybridized carbons (Fsp3) is 1.00. The highest BCUT2D eigenvalue weighted by Crippen LogP contribution is 2.45. The van der Waals surface area contributed by atoms with E-state index >= 15 is 0 Å². The summed E-state index contributed by atoms with van der Waals surface area (Å²) in [5.74, 6) is 1.63. The molecule has 1 heteroatoms. The molecule has 0 aromatic rings. The first-order valence-corrected chi connectivity index (χ1v) is 5.66. The number of hydrogen-bond donors (Lipinski definition) is 1. The molecule has 13 heavy (non-hydrogen) atoms. The van der Waals surface area contributed by atoms with E-state index in [1.165, 1.54) is 19.3 Å². The molecule has 2 unspecified atom stereocenters. The predicted octanol–water partition coefficient (Wildman–Crippen LogP) is 3.06. The molecule has 1 rings (SSSR count). The normalized spacial score (nSPS) is 29.5. The Morgan fingerprint density at radius 3 is 2.23 bits per heavy atom. The van der Waals surface area contributed by atoms with Crippen molar-refractivity contribution in [3.05, 3.63) is 0 Å². The zero-order valence-electron chi connectivity index (χ0n) is 9.85. The van der Waals surface area contributed by atoms with Gasteiger partial charge in [-0.2, -0.15) is 0 Å². The summed E-state index contributed by atoms with van der Waals surface area (Å²) in [6, 6.07) is 0.706. The largest absolute Gasteiger partial charge is 0.316 e. The van der Waals surface area contributed by atoms with Gasteiger partial charge in [-0.1, -0.05) is 34.1 Å². The minimum absolute atomic E-state index is 0.554. The molecule has 1 fully saturated rings. The van der Waals surface area contributed by atoms with Gasteiger partial charge in [0.25, 0.3) is 0 Å². The van der Waals surface area contributed by atoms with Gasteiger partial charge < -0.3 is 5.32 Å². The quantitative estimate of drug-likeness (QED) is 0.709. The molecule has 0 aromatic heterocycles. The molecule has 2 atom stereocenters. The zero-order chi connectivity index (χ0) is 10.1. The Morgan fingerprint density at radius 2 is 1.92 bits per heavy atom. The van der Waals surface area contributed by atoms with Gasteiger partial charge in [0.15, 0.2) is 0 Å². The maximum Gasteiger partial charge on any atom is 0.0120 e. The van der Waals surface area contributed by atoms with Crippen LogP contribution in [0.4, 0.5) is 0 Å². The first-order valence-electron chi connectivity index (χ1n) is 5.66. The van der Waals surface area contributed by atoms with E-state index in [2.05, 4.69) is 40.1 Å². The maximum atomic E-state index is 3.50. The van der Waals surface area contributed by atoms with Crippen molar-refractivity contribution in [2.24, 2.45) is 17.3 Å². The summed E-state index contributed by atoms with van der Waals surface area (Å²) < 4.78 is 0. The van der Waals surface area contributed by atoms with E-state index in [4.69, 9.17) is 0 Å². The Morgan fingerprint density at radius 1 is 1.31 bits per heavy atom. The second-order valence-electron chi connectivity index (χ2n) is 5.55. The summed E-state index contributed by atoms with van der Waals surface area (Å²) in [5, 5.41) is 3.50. The van der Waals surface area contributed by atoms with Gasteiger partial charge in [0.1, 0.15) is 0 Å². The minimum atomic E-state index is 0.554. The molecule has 1 saturated carbocycles. The van der Waals surface area contributed by atoms with Crippen LogP contribution in [0.5, 0.6) is 0 Å². The summed E-state index contributed by atoms with van der Waals surface area (Å²) in [7, 11) is 2.11. The van der Waals surface area contributed by atoms with E-state index in [1.54, 1.807) is 0 Å². The monoisotopic (exact) mass is 183 g/mol. The smallest absolute Gasteiger partial charge is 0.0120 e. The van der Waals surface area contributed by atoms with Crippen molar-refractivity contribution in [3.63, 3.8) is 0 Å². The molecule has 0 saturated heterocycles. The van der Waals surface area contributed by atoms with E-state index in [0.717, 1.165) is 11.8 Å². The van der Waals surface area contributed by atoms with Gasteiger partial charge >= 0.3 is 0 Å². The first-order chi connectivity index (χ1) is 5.99. The first kappa shape index (κ1) is 11.0. The maximum absolute atomic E-state index is 3.50. The molecule has 0 aromatic carbocycles. The van der Waals surface area contributed by atoms with Crippen molar-refractivity contribution < 1.29 is 0 Å². The molecule has 1 N–H and O–H groups in total. The number of nitrogens with one attached hydrogen (secondary N) is 1. The van der Waals surface area contributed by atoms with E-state index in [0.29, 0.717) is 11.5 Å². The third kappa shape index (κ3) is 2.25. The SMILES string of the molecule is CNC(C(C)C)C1CCCC1(C)C. The van der Waals surface area contributed by atoms with E-state index in [-0.39, 0.29) is 0 Å². The Bertz CT molecular complexity index is 161. The molecular weight excluding hydrogens is 158 g/mol. The molecule has 1 aliphatic rings. The van der Waals surface area contributed by atoms with Crippen LogP contribution in [0.15, 0.2) is 0 Å². The molecule has 0 radical (unpaired) electrons. The van der Waals surface area contributed by atoms with E-state index < -0.39 is 0 Å². The van der Waals surface area contributed by atoms with Gasteiger partial charge in [0, 0.05) is 6.04 Å². The Kier molecular flexibility index (Phi) is 3.39. The van der Waals surface area contributed by atoms with Crippen LogP contribution in [-0.4, -0.2) is 13.1 Å². The highest BCUT2D eigenvalue weighted by Gasteiger charge is 2.39. The lowest BCUT2D eigenvalue weighted by Crippen LogP contribution is -2.42. The van der Waals surface area contributed by atoms with Crippen molar-refractivity contribution in [1.82, 2.24) is 5.32 Å². The molecule has 0 spiro atoms. The van der Waals surface area contributed by atoms with Gasteiger partial charge in [-0.25, -0.2) is 0 Å². The number of rotatable bonds is 3. The van der Waals surface area contributed by atoms with Crippen LogP contribution in [0, 0.1) is 17.3 Å². The van der Waals surface area contributed by atoms with Crippen molar-refractivity contribution in [2.75, 3.05) is 7.05 Å². The third-order valence-electron chi connectivity index (χ3n) is 3.83. The van der Waals surface area contributed by atoms with Gasteiger partial charge in [-0.3, -0.25) is 0 Å². The molecule has 0 amide bonds. The Balaban J connectivity index is 2.68. The van der Waals surface area contributed by atoms with Crippen molar-refractivity contribution in [2.45, 2.75) is 53.0 Å². The van der Waals surface area contributed by atoms with Crippen LogP contribution in [0.2, 0.25) is 0 Å². The highest BCUT2D eigenvalue weighted by molar-refractivity contribution is 4.92. The lowest BCUT2D eigenvalue weighted by atomic mass is 9.74. The molecule has 1 nitrogen and oxygen atoms in total. The second kappa shape index (κ2) is 4.00. The summed E-state index contributed by atoms with van der Waals surface area (Å²) in [4.78, 5) is 0. The lowest BCUT2D eigenvalue weighted by Gasteiger charge is -2.36. The summed E-state index contributed by atoms with van der Waals surface area (Å²) >= 11 is 0. The average molecular weight is 183 g/mol. The van der Waals surface area contributed by atoms with Crippen LogP contribution >= 0.6 is 0 Å². The highest BCUT2D eigenvalue weighted by atomic mass is 14.9. The zero-order valence-corrected chi connectivity index (χ0v) is 9.85. The van der Waals surface area contributed by atoms with Crippen LogP contribution in [0.1, 0.15) is 47.0 Å². The Labute approximate surface area is 83.3 Å². The molecule has 0 aliphatic heterocycles. The molecule has 0 heterocycles. The van der Waals surface area contributed by atoms with Gasteiger partial charge in [-0.05, 0) is 37.1 Å². The van der Waals surface area contributed by atoms with Gasteiger partial charge in [0.2, 0.25) is 0 Å². The topological polar surface area (TPSA) is 12.0 Å². The lowest BCUT2D eigenvalue weighted by molar-refractivity contribution is 0.171. The third-order valence-corrected chi connectivity index (χ3v) is 3.83. The van der Waals surface area contributed by atoms with E-state index in [9.17, 15) is 0 Å². The summed E-state index contributed by atoms with van der Waals surface area (Å²) in [5.41, 5.74) is 0.554. The van der Waals surface area contributed by atoms with Crippen LogP contribution in [0.25, 0.3) is 0 Å².